The van der Waals surface area contributed by atoms with E-state index in [-0.39, 0.29) is 35.7 Å². The summed E-state index contributed by atoms with van der Waals surface area (Å²) in [5.41, 5.74) is 2.63. The lowest BCUT2D eigenvalue weighted by atomic mass is 9.80. The third-order valence-corrected chi connectivity index (χ3v) is 8.15. The summed E-state index contributed by atoms with van der Waals surface area (Å²) in [4.78, 5) is 31.0. The number of rotatable bonds is 8. The molecule has 5 rings (SSSR count). The minimum absolute atomic E-state index is 0.0455. The molecule has 2 heterocycles. The molecule has 6 heteroatoms. The van der Waals surface area contributed by atoms with Crippen LogP contribution in [0.2, 0.25) is 0 Å². The summed E-state index contributed by atoms with van der Waals surface area (Å²) in [5, 5.41) is 6.61. The van der Waals surface area contributed by atoms with Gasteiger partial charge in [0.25, 0.3) is 0 Å². The minimum atomic E-state index is -0.0455. The number of likely N-dealkylation sites (tertiary alicyclic amines) is 2. The molecule has 1 saturated carbocycles. The van der Waals surface area contributed by atoms with Crippen LogP contribution in [0.3, 0.4) is 0 Å². The zero-order valence-corrected chi connectivity index (χ0v) is 21.3. The standard InChI is InChI=1S/C30H40N4O2/c35-29(31-27-14-16-33(21-27)19-23-8-3-1-4-9-23)25-12-7-13-26(18-25)30(36)32-28-15-17-34(22-28)20-24-10-5-2-6-11-24/h1-6,8-11,25-28H,7,12-22H2,(H,31,35)(H,32,36). The molecule has 0 spiro atoms. The van der Waals surface area contributed by atoms with Gasteiger partial charge in [0, 0.05) is 63.2 Å². The molecular formula is C30H40N4O2. The Hall–Kier alpha value is -2.70. The second kappa shape index (κ2) is 12.0. The highest BCUT2D eigenvalue weighted by Gasteiger charge is 2.34. The molecular weight excluding hydrogens is 448 g/mol. The first kappa shape index (κ1) is 25.0. The van der Waals surface area contributed by atoms with Crippen LogP contribution in [0.1, 0.15) is 49.7 Å². The van der Waals surface area contributed by atoms with Crippen molar-refractivity contribution in [1.29, 1.82) is 0 Å². The Kier molecular flexibility index (Phi) is 8.34. The highest BCUT2D eigenvalue weighted by atomic mass is 16.2. The normalized spacial score (nSPS) is 27.1. The summed E-state index contributed by atoms with van der Waals surface area (Å²) in [6, 6.07) is 21.5. The second-order valence-corrected chi connectivity index (χ2v) is 11.0. The van der Waals surface area contributed by atoms with Gasteiger partial charge in [-0.1, -0.05) is 67.1 Å². The van der Waals surface area contributed by atoms with Crippen molar-refractivity contribution in [2.24, 2.45) is 11.8 Å². The first-order valence-electron chi connectivity index (χ1n) is 13.8. The first-order valence-corrected chi connectivity index (χ1v) is 13.8. The van der Waals surface area contributed by atoms with Crippen LogP contribution in [0.4, 0.5) is 0 Å². The first-order chi connectivity index (χ1) is 17.6. The Morgan fingerprint density at radius 2 is 1.11 bits per heavy atom. The molecule has 3 fully saturated rings. The molecule has 1 aliphatic carbocycles. The van der Waals surface area contributed by atoms with Gasteiger partial charge in [0.1, 0.15) is 0 Å². The van der Waals surface area contributed by atoms with Crippen molar-refractivity contribution >= 4 is 11.8 Å². The van der Waals surface area contributed by atoms with Gasteiger partial charge >= 0.3 is 0 Å². The van der Waals surface area contributed by atoms with Gasteiger partial charge in [0.15, 0.2) is 0 Å². The van der Waals surface area contributed by atoms with Crippen LogP contribution in [-0.2, 0) is 22.7 Å². The summed E-state index contributed by atoms with van der Waals surface area (Å²) in [6.07, 6.45) is 5.41. The Bertz CT molecular complexity index is 919. The number of nitrogens with one attached hydrogen (secondary N) is 2. The predicted octanol–water partition coefficient (Wildman–Crippen LogP) is 3.57. The van der Waals surface area contributed by atoms with Gasteiger partial charge in [0.05, 0.1) is 0 Å². The van der Waals surface area contributed by atoms with E-state index in [0.29, 0.717) is 6.42 Å². The molecule has 0 bridgehead atoms. The molecule has 3 aliphatic rings. The van der Waals surface area contributed by atoms with E-state index in [2.05, 4.69) is 69.0 Å². The zero-order valence-electron chi connectivity index (χ0n) is 21.3. The fourth-order valence-corrected chi connectivity index (χ4v) is 6.18. The summed E-state index contributed by atoms with van der Waals surface area (Å²) < 4.78 is 0. The number of hydrogen-bond donors (Lipinski definition) is 2. The zero-order chi connectivity index (χ0) is 24.7. The summed E-state index contributed by atoms with van der Waals surface area (Å²) in [7, 11) is 0. The molecule has 2 amide bonds. The molecule has 2 aliphatic heterocycles. The molecule has 2 saturated heterocycles. The third-order valence-electron chi connectivity index (χ3n) is 8.15. The van der Waals surface area contributed by atoms with E-state index in [1.807, 2.05) is 12.1 Å². The molecule has 4 atom stereocenters. The maximum absolute atomic E-state index is 13.1. The van der Waals surface area contributed by atoms with E-state index >= 15 is 0 Å². The average Bonchev–Trinajstić information content (AvgIpc) is 3.54. The maximum Gasteiger partial charge on any atom is 0.223 e. The molecule has 2 aromatic carbocycles. The van der Waals surface area contributed by atoms with Crippen LogP contribution >= 0.6 is 0 Å². The van der Waals surface area contributed by atoms with Gasteiger partial charge < -0.3 is 10.6 Å². The lowest BCUT2D eigenvalue weighted by Gasteiger charge is -2.29. The molecule has 2 N–H and O–H groups in total. The van der Waals surface area contributed by atoms with E-state index in [1.165, 1.54) is 11.1 Å². The van der Waals surface area contributed by atoms with Crippen LogP contribution in [0, 0.1) is 11.8 Å². The smallest absolute Gasteiger partial charge is 0.223 e. The Balaban J connectivity index is 1.04. The van der Waals surface area contributed by atoms with Gasteiger partial charge in [-0.3, -0.25) is 19.4 Å². The summed E-state index contributed by atoms with van der Waals surface area (Å²) >= 11 is 0. The van der Waals surface area contributed by atoms with Gasteiger partial charge in [-0.25, -0.2) is 0 Å². The average molecular weight is 489 g/mol. The molecule has 2 aromatic rings. The van der Waals surface area contributed by atoms with E-state index in [9.17, 15) is 9.59 Å². The quantitative estimate of drug-likeness (QED) is 0.596. The van der Waals surface area contributed by atoms with Gasteiger partial charge in [-0.05, 0) is 43.2 Å². The van der Waals surface area contributed by atoms with Crippen LogP contribution in [0.25, 0.3) is 0 Å². The number of amides is 2. The van der Waals surface area contributed by atoms with Crippen molar-refractivity contribution in [2.75, 3.05) is 26.2 Å². The second-order valence-electron chi connectivity index (χ2n) is 11.0. The Morgan fingerprint density at radius 1 is 0.667 bits per heavy atom. The molecule has 0 aromatic heterocycles. The maximum atomic E-state index is 13.1. The van der Waals surface area contributed by atoms with E-state index in [0.717, 1.165) is 71.4 Å². The molecule has 0 radical (unpaired) electrons. The number of carbonyl (C=O) groups excluding carboxylic acids is 2. The van der Waals surface area contributed by atoms with Crippen LogP contribution in [0.15, 0.2) is 60.7 Å². The number of benzene rings is 2. The van der Waals surface area contributed by atoms with Gasteiger partial charge in [-0.15, -0.1) is 0 Å². The van der Waals surface area contributed by atoms with Crippen LogP contribution in [0.5, 0.6) is 0 Å². The SMILES string of the molecule is O=C(NC1CCN(Cc2ccccc2)C1)C1CCCC(C(=O)NC2CCN(Cc3ccccc3)C2)C1. The molecule has 36 heavy (non-hydrogen) atoms. The molecule has 4 unspecified atom stereocenters. The fraction of sp³-hybridized carbons (Fsp3) is 0.533. The van der Waals surface area contributed by atoms with Crippen molar-refractivity contribution in [3.8, 4) is 0 Å². The monoisotopic (exact) mass is 488 g/mol. The van der Waals surface area contributed by atoms with Crippen molar-refractivity contribution in [3.63, 3.8) is 0 Å². The molecule has 192 valence electrons. The highest BCUT2D eigenvalue weighted by molar-refractivity contribution is 5.82. The van der Waals surface area contributed by atoms with Gasteiger partial charge in [0.2, 0.25) is 11.8 Å². The topological polar surface area (TPSA) is 64.7 Å². The van der Waals surface area contributed by atoms with Crippen molar-refractivity contribution in [1.82, 2.24) is 20.4 Å². The van der Waals surface area contributed by atoms with Gasteiger partial charge in [-0.2, -0.15) is 0 Å². The van der Waals surface area contributed by atoms with Crippen molar-refractivity contribution < 1.29 is 9.59 Å². The minimum Gasteiger partial charge on any atom is -0.352 e. The number of nitrogens with zero attached hydrogens (tertiary/aromatic N) is 2. The van der Waals surface area contributed by atoms with E-state index < -0.39 is 0 Å². The Labute approximate surface area is 215 Å². The number of hydrogen-bond acceptors (Lipinski definition) is 4. The van der Waals surface area contributed by atoms with E-state index in [1.54, 1.807) is 0 Å². The lowest BCUT2D eigenvalue weighted by molar-refractivity contribution is -0.130. The highest BCUT2D eigenvalue weighted by Crippen LogP contribution is 2.30. The lowest BCUT2D eigenvalue weighted by Crippen LogP contribution is -2.45. The number of carbonyl (C=O) groups is 2. The van der Waals surface area contributed by atoms with Crippen molar-refractivity contribution in [2.45, 2.75) is 63.7 Å². The van der Waals surface area contributed by atoms with Crippen LogP contribution in [-0.4, -0.2) is 59.9 Å². The predicted molar refractivity (Wildman–Crippen MR) is 142 cm³/mol. The largest absolute Gasteiger partial charge is 0.352 e. The van der Waals surface area contributed by atoms with Crippen molar-refractivity contribution in [3.05, 3.63) is 71.8 Å². The molecule has 6 nitrogen and oxygen atoms in total. The van der Waals surface area contributed by atoms with E-state index in [4.69, 9.17) is 0 Å². The summed E-state index contributed by atoms with van der Waals surface area (Å²) in [6.45, 7) is 5.69. The van der Waals surface area contributed by atoms with Crippen LogP contribution < -0.4 is 10.6 Å². The summed E-state index contributed by atoms with van der Waals surface area (Å²) in [5.74, 6) is 0.203. The fourth-order valence-electron chi connectivity index (χ4n) is 6.18. The Morgan fingerprint density at radius 3 is 1.56 bits per heavy atom. The third kappa shape index (κ3) is 6.74.